The monoisotopic (exact) mass is 266 g/mol. The number of hydrogen-bond donors (Lipinski definition) is 2. The first-order valence-electron chi connectivity index (χ1n) is 6.38. The fourth-order valence-electron chi connectivity index (χ4n) is 1.72. The van der Waals surface area contributed by atoms with E-state index in [9.17, 15) is 4.79 Å². The van der Waals surface area contributed by atoms with E-state index in [0.29, 0.717) is 12.2 Å². The maximum atomic E-state index is 10.4. The Labute approximate surface area is 116 Å². The molecule has 0 aliphatic heterocycles. The molecule has 0 saturated carbocycles. The van der Waals surface area contributed by atoms with Crippen LogP contribution < -0.4 is 11.6 Å². The summed E-state index contributed by atoms with van der Waals surface area (Å²) >= 11 is 0. The minimum Gasteiger partial charge on any atom is -0.401 e. The molecule has 0 amide bonds. The van der Waals surface area contributed by atoms with Gasteiger partial charge in [-0.1, -0.05) is 19.4 Å². The van der Waals surface area contributed by atoms with Crippen LogP contribution in [0.5, 0.6) is 0 Å². The molecule has 0 fully saturated rings. The van der Waals surface area contributed by atoms with Crippen LogP contribution in [-0.4, -0.2) is 36.8 Å². The van der Waals surface area contributed by atoms with Gasteiger partial charge in [0.25, 0.3) is 0 Å². The summed E-state index contributed by atoms with van der Waals surface area (Å²) in [5.74, 6) is 5.74. The van der Waals surface area contributed by atoms with E-state index in [1.807, 2.05) is 31.1 Å². The van der Waals surface area contributed by atoms with Gasteiger partial charge in [0.15, 0.2) is 0 Å². The third kappa shape index (κ3) is 7.31. The topological polar surface area (TPSA) is 75.6 Å². The number of likely N-dealkylation sites (N-methyl/N-ethyl adjacent to an activating group) is 2. The average Bonchev–Trinajstić information content (AvgIpc) is 2.32. The molecular formula is C14H26N4O. The normalized spacial score (nSPS) is 13.4. The molecule has 0 aromatic carbocycles. The van der Waals surface area contributed by atoms with E-state index in [-0.39, 0.29) is 0 Å². The van der Waals surface area contributed by atoms with Crippen LogP contribution in [0.15, 0.2) is 35.3 Å². The van der Waals surface area contributed by atoms with Gasteiger partial charge in [0.1, 0.15) is 6.29 Å². The highest BCUT2D eigenvalue weighted by atomic mass is 16.1. The quantitative estimate of drug-likeness (QED) is 0.228. The minimum absolute atomic E-state index is 0.622. The van der Waals surface area contributed by atoms with Gasteiger partial charge in [0.2, 0.25) is 0 Å². The van der Waals surface area contributed by atoms with Gasteiger partial charge < -0.3 is 15.6 Å². The molecule has 4 N–H and O–H groups in total. The van der Waals surface area contributed by atoms with E-state index in [4.69, 9.17) is 11.6 Å². The third-order valence-corrected chi connectivity index (χ3v) is 2.59. The van der Waals surface area contributed by atoms with Crippen LogP contribution in [0.4, 0.5) is 0 Å². The summed E-state index contributed by atoms with van der Waals surface area (Å²) in [6.45, 7) is 4.55. The maximum absolute atomic E-state index is 10.4. The molecule has 0 rings (SSSR count). The van der Waals surface area contributed by atoms with Crippen LogP contribution >= 0.6 is 0 Å². The number of hydrazine groups is 1. The van der Waals surface area contributed by atoms with E-state index >= 15 is 0 Å². The van der Waals surface area contributed by atoms with E-state index in [0.717, 1.165) is 30.4 Å². The first-order chi connectivity index (χ1) is 8.92. The highest BCUT2D eigenvalue weighted by Crippen LogP contribution is 2.10. The molecule has 5 nitrogen and oxygen atoms in total. The molecule has 0 saturated heterocycles. The van der Waals surface area contributed by atoms with E-state index in [1.54, 1.807) is 7.05 Å². The third-order valence-electron chi connectivity index (χ3n) is 2.59. The van der Waals surface area contributed by atoms with E-state index < -0.39 is 0 Å². The predicted octanol–water partition coefficient (Wildman–Crippen LogP) is 1.35. The Kier molecular flexibility index (Phi) is 8.37. The highest BCUT2D eigenvalue weighted by molar-refractivity contribution is 5.65. The summed E-state index contributed by atoms with van der Waals surface area (Å²) in [5, 5.41) is 1.53. The molecule has 0 bridgehead atoms. The van der Waals surface area contributed by atoms with Crippen molar-refractivity contribution in [2.24, 2.45) is 11.6 Å². The van der Waals surface area contributed by atoms with Crippen molar-refractivity contribution in [1.82, 2.24) is 9.91 Å². The first kappa shape index (κ1) is 17.2. The number of nitrogens with two attached hydrogens (primary N) is 2. The molecule has 0 heterocycles. The predicted molar refractivity (Wildman–Crippen MR) is 79.7 cm³/mol. The Balaban J connectivity index is 4.87. The lowest BCUT2D eigenvalue weighted by molar-refractivity contribution is -0.104. The van der Waals surface area contributed by atoms with Crippen LogP contribution in [0, 0.1) is 0 Å². The second-order valence-electron chi connectivity index (χ2n) is 4.60. The number of carbonyl (C=O) groups is 1. The average molecular weight is 266 g/mol. The molecule has 0 unspecified atom stereocenters. The number of aldehydes is 1. The Morgan fingerprint density at radius 1 is 1.32 bits per heavy atom. The summed E-state index contributed by atoms with van der Waals surface area (Å²) in [7, 11) is 3.72. The minimum atomic E-state index is 0.622. The molecule has 0 atom stereocenters. The zero-order valence-electron chi connectivity index (χ0n) is 12.4. The summed E-state index contributed by atoms with van der Waals surface area (Å²) in [6, 6.07) is 0. The van der Waals surface area contributed by atoms with Crippen molar-refractivity contribution >= 4 is 6.29 Å². The summed E-state index contributed by atoms with van der Waals surface area (Å²) in [6.07, 6.45) is 8.09. The highest BCUT2D eigenvalue weighted by Gasteiger charge is 2.06. The van der Waals surface area contributed by atoms with Gasteiger partial charge in [-0.15, -0.1) is 0 Å². The lowest BCUT2D eigenvalue weighted by Crippen LogP contribution is -2.33. The number of hydrogen-bond acceptors (Lipinski definition) is 5. The van der Waals surface area contributed by atoms with Crippen LogP contribution in [-0.2, 0) is 4.79 Å². The maximum Gasteiger partial charge on any atom is 0.142 e. The van der Waals surface area contributed by atoms with Crippen molar-refractivity contribution in [3.63, 3.8) is 0 Å². The van der Waals surface area contributed by atoms with Crippen molar-refractivity contribution in [2.75, 3.05) is 20.6 Å². The number of allylic oxidation sites excluding steroid dienone is 4. The van der Waals surface area contributed by atoms with Crippen LogP contribution in [0.2, 0.25) is 0 Å². The zero-order chi connectivity index (χ0) is 14.8. The van der Waals surface area contributed by atoms with Crippen LogP contribution in [0.1, 0.15) is 26.7 Å². The van der Waals surface area contributed by atoms with Crippen LogP contribution in [0.25, 0.3) is 0 Å². The van der Waals surface area contributed by atoms with Crippen molar-refractivity contribution in [2.45, 2.75) is 26.7 Å². The van der Waals surface area contributed by atoms with Gasteiger partial charge in [0.05, 0.1) is 12.2 Å². The van der Waals surface area contributed by atoms with Gasteiger partial charge in [-0.05, 0) is 25.0 Å². The smallest absolute Gasteiger partial charge is 0.142 e. The molecule has 0 radical (unpaired) electrons. The van der Waals surface area contributed by atoms with E-state index in [2.05, 4.69) is 6.92 Å². The summed E-state index contributed by atoms with van der Waals surface area (Å²) < 4.78 is 0. The fourth-order valence-corrected chi connectivity index (χ4v) is 1.72. The van der Waals surface area contributed by atoms with Crippen molar-refractivity contribution in [3.8, 4) is 0 Å². The lowest BCUT2D eigenvalue weighted by Gasteiger charge is -2.24. The van der Waals surface area contributed by atoms with Gasteiger partial charge >= 0.3 is 0 Å². The second-order valence-corrected chi connectivity index (χ2v) is 4.60. The second kappa shape index (κ2) is 9.22. The first-order valence-corrected chi connectivity index (χ1v) is 6.38. The standard InChI is InChI=1S/C14H26N4O/c1-5-7-13(8-6-9-19)10-17(3)11-14(12(2)15)18(4)16/h6,8-10H,5,7,11,15-16H2,1-4H3/b8-6-,13-10-,14-12-. The number of rotatable bonds is 8. The van der Waals surface area contributed by atoms with Gasteiger partial charge in [-0.3, -0.25) is 4.79 Å². The number of nitrogens with zero attached hydrogens (tertiary/aromatic N) is 2. The fraction of sp³-hybridized carbons (Fsp3) is 0.500. The Morgan fingerprint density at radius 3 is 2.37 bits per heavy atom. The summed E-state index contributed by atoms with van der Waals surface area (Å²) in [5.41, 5.74) is 8.48. The molecule has 5 heteroatoms. The van der Waals surface area contributed by atoms with Gasteiger partial charge in [0, 0.05) is 26.0 Å². The molecule has 108 valence electrons. The molecule has 0 aliphatic carbocycles. The summed E-state index contributed by atoms with van der Waals surface area (Å²) in [4.78, 5) is 12.4. The Hall–Kier alpha value is -1.75. The molecule has 19 heavy (non-hydrogen) atoms. The van der Waals surface area contributed by atoms with Crippen LogP contribution in [0.3, 0.4) is 0 Å². The Morgan fingerprint density at radius 2 is 1.95 bits per heavy atom. The molecule has 0 aliphatic rings. The molecular weight excluding hydrogens is 240 g/mol. The zero-order valence-corrected chi connectivity index (χ0v) is 12.4. The Bertz CT molecular complexity index is 366. The SMILES string of the molecule is CCCC(/C=C\C=O)=C/N(C)C/C(=C(\C)N)N(C)N. The molecule has 0 aromatic rings. The van der Waals surface area contributed by atoms with Gasteiger partial charge in [-0.2, -0.15) is 0 Å². The van der Waals surface area contributed by atoms with Crippen molar-refractivity contribution in [3.05, 3.63) is 35.3 Å². The number of carbonyl (C=O) groups excluding carboxylic acids is 1. The largest absolute Gasteiger partial charge is 0.401 e. The molecule has 0 spiro atoms. The van der Waals surface area contributed by atoms with Crippen molar-refractivity contribution < 1.29 is 4.79 Å². The van der Waals surface area contributed by atoms with Crippen molar-refractivity contribution in [1.29, 1.82) is 0 Å². The lowest BCUT2D eigenvalue weighted by atomic mass is 10.1. The van der Waals surface area contributed by atoms with Gasteiger partial charge in [-0.25, -0.2) is 5.84 Å². The van der Waals surface area contributed by atoms with E-state index in [1.165, 1.54) is 11.1 Å². The molecule has 0 aromatic heterocycles.